The van der Waals surface area contributed by atoms with Crippen molar-refractivity contribution in [2.24, 2.45) is 5.18 Å². The van der Waals surface area contributed by atoms with Crippen LogP contribution in [0.4, 0.5) is 5.69 Å². The number of hydrogen-bond acceptors (Lipinski definition) is 5. The molecule has 0 unspecified atom stereocenters. The zero-order chi connectivity index (χ0) is 29.9. The number of carbonyl (C=O) groups is 2. The van der Waals surface area contributed by atoms with E-state index in [9.17, 15) is 14.5 Å². The van der Waals surface area contributed by atoms with Crippen molar-refractivity contribution in [1.82, 2.24) is 5.32 Å². The SMILES string of the molecule is C=C(S/C=C(\C)c1cccc(Br)c1)N(Cc1ccc(C2CCCCC2)cc1)c1ccc(C(=O)NCCC(=O)N=O)cc1. The molecule has 0 atom stereocenters. The number of allylic oxidation sites excluding steroid dienone is 1. The Morgan fingerprint density at radius 3 is 2.40 bits per heavy atom. The van der Waals surface area contributed by atoms with Gasteiger partial charge in [0.25, 0.3) is 11.8 Å². The summed E-state index contributed by atoms with van der Waals surface area (Å²) in [6.07, 6.45) is 6.39. The number of carbonyl (C=O) groups excluding carboxylic acids is 2. The maximum Gasteiger partial charge on any atom is 0.288 e. The Kier molecular flexibility index (Phi) is 11.7. The van der Waals surface area contributed by atoms with Gasteiger partial charge in [0.05, 0.1) is 5.03 Å². The fraction of sp³-hybridized carbons (Fsp3) is 0.294. The Hall–Kier alpha value is -3.49. The van der Waals surface area contributed by atoms with E-state index < -0.39 is 5.91 Å². The molecule has 6 nitrogen and oxygen atoms in total. The van der Waals surface area contributed by atoms with Crippen LogP contribution in [0.5, 0.6) is 0 Å². The van der Waals surface area contributed by atoms with Gasteiger partial charge in [0.1, 0.15) is 0 Å². The van der Waals surface area contributed by atoms with Gasteiger partial charge in [-0.1, -0.05) is 89.9 Å². The minimum Gasteiger partial charge on any atom is -0.352 e. The summed E-state index contributed by atoms with van der Waals surface area (Å²) in [6.45, 7) is 7.19. The molecule has 0 spiro atoms. The van der Waals surface area contributed by atoms with Crippen molar-refractivity contribution >= 4 is 50.8 Å². The van der Waals surface area contributed by atoms with Crippen LogP contribution in [0.2, 0.25) is 0 Å². The third kappa shape index (κ3) is 9.00. The van der Waals surface area contributed by atoms with Crippen LogP contribution in [0.15, 0.2) is 99.5 Å². The smallest absolute Gasteiger partial charge is 0.288 e. The molecule has 1 N–H and O–H groups in total. The molecule has 0 saturated heterocycles. The highest BCUT2D eigenvalue weighted by Gasteiger charge is 2.17. The van der Waals surface area contributed by atoms with Crippen molar-refractivity contribution in [3.05, 3.63) is 121 Å². The number of nitrogens with one attached hydrogen (secondary N) is 1. The first-order valence-corrected chi connectivity index (χ1v) is 15.9. The lowest BCUT2D eigenvalue weighted by Crippen LogP contribution is -2.26. The van der Waals surface area contributed by atoms with Gasteiger partial charge in [-0.2, -0.15) is 0 Å². The molecule has 0 radical (unpaired) electrons. The summed E-state index contributed by atoms with van der Waals surface area (Å²) in [5, 5.41) is 7.98. The van der Waals surface area contributed by atoms with Gasteiger partial charge < -0.3 is 10.2 Å². The van der Waals surface area contributed by atoms with E-state index in [0.717, 1.165) is 26.3 Å². The monoisotopic (exact) mass is 645 g/mol. The lowest BCUT2D eigenvalue weighted by atomic mass is 9.84. The summed E-state index contributed by atoms with van der Waals surface area (Å²) in [7, 11) is 0. The lowest BCUT2D eigenvalue weighted by Gasteiger charge is -2.27. The molecule has 2 amide bonds. The van der Waals surface area contributed by atoms with E-state index in [1.807, 2.05) is 24.3 Å². The van der Waals surface area contributed by atoms with Gasteiger partial charge >= 0.3 is 0 Å². The summed E-state index contributed by atoms with van der Waals surface area (Å²) in [5.74, 6) is -0.439. The van der Waals surface area contributed by atoms with Crippen molar-refractivity contribution < 1.29 is 9.59 Å². The van der Waals surface area contributed by atoms with Crippen LogP contribution in [0.25, 0.3) is 5.57 Å². The second kappa shape index (κ2) is 15.7. The van der Waals surface area contributed by atoms with E-state index in [0.29, 0.717) is 18.0 Å². The van der Waals surface area contributed by atoms with Crippen molar-refractivity contribution in [3.8, 4) is 0 Å². The number of nitrogens with zero attached hydrogens (tertiary/aromatic N) is 2. The van der Waals surface area contributed by atoms with E-state index in [1.165, 1.54) is 43.2 Å². The third-order valence-corrected chi connectivity index (χ3v) is 8.97. The quantitative estimate of drug-likeness (QED) is 0.199. The number of halogens is 1. The van der Waals surface area contributed by atoms with Crippen molar-refractivity contribution in [2.45, 2.75) is 57.9 Å². The van der Waals surface area contributed by atoms with Crippen LogP contribution < -0.4 is 10.2 Å². The maximum atomic E-state index is 12.5. The highest BCUT2D eigenvalue weighted by Crippen LogP contribution is 2.34. The fourth-order valence-corrected chi connectivity index (χ4v) is 6.23. The zero-order valence-corrected chi connectivity index (χ0v) is 26.3. The number of thioether (sulfide) groups is 1. The predicted octanol–water partition coefficient (Wildman–Crippen LogP) is 9.18. The van der Waals surface area contributed by atoms with Gasteiger partial charge in [0.2, 0.25) is 0 Å². The molecule has 0 heterocycles. The number of hydrogen-bond donors (Lipinski definition) is 1. The Bertz CT molecular complexity index is 1430. The molecule has 8 heteroatoms. The van der Waals surface area contributed by atoms with E-state index in [2.05, 4.69) is 86.6 Å². The van der Waals surface area contributed by atoms with Gasteiger partial charge in [-0.25, -0.2) is 0 Å². The second-order valence-corrected chi connectivity index (χ2v) is 12.4. The van der Waals surface area contributed by atoms with Gasteiger partial charge in [0.15, 0.2) is 0 Å². The van der Waals surface area contributed by atoms with Gasteiger partial charge in [-0.3, -0.25) is 9.59 Å². The van der Waals surface area contributed by atoms with E-state index >= 15 is 0 Å². The van der Waals surface area contributed by atoms with Crippen molar-refractivity contribution in [2.75, 3.05) is 11.4 Å². The van der Waals surface area contributed by atoms with Crippen LogP contribution in [-0.2, 0) is 11.3 Å². The van der Waals surface area contributed by atoms with Gasteiger partial charge in [-0.05, 0) is 89.8 Å². The molecule has 1 saturated carbocycles. The summed E-state index contributed by atoms with van der Waals surface area (Å²) in [5.41, 5.74) is 6.25. The van der Waals surface area contributed by atoms with Crippen LogP contribution in [-0.4, -0.2) is 18.4 Å². The molecule has 0 bridgehead atoms. The standard InChI is InChI=1S/C34H36BrN3O3S/c1-24(30-9-6-10-31(35)21-30)23-42-25(2)38(22-26-11-13-28(14-12-26)27-7-4-3-5-8-27)32-17-15-29(16-18-32)34(40)36-20-19-33(39)37-41/h6,9-18,21,23,27H,2-5,7-8,19-20,22H2,1H3,(H,36,40)/b24-23+. The first-order chi connectivity index (χ1) is 20.3. The highest BCUT2D eigenvalue weighted by atomic mass is 79.9. The number of amides is 2. The zero-order valence-electron chi connectivity index (χ0n) is 23.9. The third-order valence-electron chi connectivity index (χ3n) is 7.52. The minimum atomic E-state index is -0.784. The lowest BCUT2D eigenvalue weighted by molar-refractivity contribution is -0.117. The van der Waals surface area contributed by atoms with Gasteiger partial charge in [-0.15, -0.1) is 4.91 Å². The first-order valence-electron chi connectivity index (χ1n) is 14.2. The Labute approximate surface area is 260 Å². The topological polar surface area (TPSA) is 78.8 Å². The normalized spacial score (nSPS) is 13.8. The Balaban J connectivity index is 1.51. The number of anilines is 1. The molecule has 1 aliphatic carbocycles. The fourth-order valence-electron chi connectivity index (χ4n) is 5.08. The van der Waals surface area contributed by atoms with Crippen molar-refractivity contribution in [3.63, 3.8) is 0 Å². The molecule has 0 aliphatic heterocycles. The minimum absolute atomic E-state index is 0.0608. The molecular weight excluding hydrogens is 610 g/mol. The van der Waals surface area contributed by atoms with Crippen LogP contribution in [0.1, 0.15) is 78.4 Å². The summed E-state index contributed by atoms with van der Waals surface area (Å²) < 4.78 is 1.03. The number of nitroso groups, excluding NO2 is 1. The number of benzene rings is 3. The molecule has 1 aliphatic rings. The molecule has 3 aromatic carbocycles. The predicted molar refractivity (Wildman–Crippen MR) is 177 cm³/mol. The summed E-state index contributed by atoms with van der Waals surface area (Å²) in [6, 6.07) is 24.5. The summed E-state index contributed by atoms with van der Waals surface area (Å²) >= 11 is 5.12. The highest BCUT2D eigenvalue weighted by molar-refractivity contribution is 9.10. The van der Waals surface area contributed by atoms with Gasteiger partial charge in [0, 0.05) is 40.4 Å². The molecule has 1 fully saturated rings. The average Bonchev–Trinajstić information content (AvgIpc) is 3.03. The van der Waals surface area contributed by atoms with Crippen LogP contribution >= 0.6 is 27.7 Å². The second-order valence-electron chi connectivity index (χ2n) is 10.5. The molecular formula is C34H36BrN3O3S. The maximum absolute atomic E-state index is 12.5. The van der Waals surface area contributed by atoms with E-state index in [1.54, 1.807) is 23.9 Å². The van der Waals surface area contributed by atoms with E-state index in [-0.39, 0.29) is 18.9 Å². The Morgan fingerprint density at radius 2 is 1.74 bits per heavy atom. The van der Waals surface area contributed by atoms with Crippen molar-refractivity contribution in [1.29, 1.82) is 0 Å². The molecule has 4 rings (SSSR count). The molecule has 0 aromatic heterocycles. The number of rotatable bonds is 12. The molecule has 218 valence electrons. The molecule has 42 heavy (non-hydrogen) atoms. The van der Waals surface area contributed by atoms with Crippen LogP contribution in [0.3, 0.4) is 0 Å². The molecule has 3 aromatic rings. The van der Waals surface area contributed by atoms with Crippen LogP contribution in [0, 0.1) is 4.91 Å². The van der Waals surface area contributed by atoms with E-state index in [4.69, 9.17) is 0 Å². The summed E-state index contributed by atoms with van der Waals surface area (Å²) in [4.78, 5) is 36.1. The Morgan fingerprint density at radius 1 is 1.02 bits per heavy atom. The first kappa shape index (κ1) is 31.4. The average molecular weight is 647 g/mol. The largest absolute Gasteiger partial charge is 0.352 e.